The summed E-state index contributed by atoms with van der Waals surface area (Å²) in [6.07, 6.45) is 13.1. The van der Waals surface area contributed by atoms with Crippen molar-refractivity contribution in [3.8, 4) is 0 Å². The summed E-state index contributed by atoms with van der Waals surface area (Å²) in [6.45, 7) is 8.77. The first-order chi connectivity index (χ1) is 46.4. The van der Waals surface area contributed by atoms with E-state index in [4.69, 9.17) is 47.4 Å². The number of allylic oxidation sites excluding steroid dienone is 8. The minimum atomic E-state index is -5.36. The largest absolute Gasteiger partial charge is 0.744 e. The molecule has 0 aromatic heterocycles. The number of hydrogen-bond donors (Lipinski definition) is 5. The van der Waals surface area contributed by atoms with Gasteiger partial charge < -0.3 is 61.9 Å². The van der Waals surface area contributed by atoms with Crippen molar-refractivity contribution in [3.63, 3.8) is 0 Å². The Balaban J connectivity index is 1.38. The molecule has 0 amide bonds. The van der Waals surface area contributed by atoms with Crippen molar-refractivity contribution >= 4 is 95.2 Å². The molecule has 0 bridgehead atoms. The molecular formula is C64H88N2O27S5. The highest BCUT2D eigenvalue weighted by Gasteiger charge is 2.50. The summed E-state index contributed by atoms with van der Waals surface area (Å²) in [6, 6.07) is 9.30. The van der Waals surface area contributed by atoms with Crippen LogP contribution in [0.5, 0.6) is 0 Å². The minimum Gasteiger partial charge on any atom is -0.744 e. The molecule has 2 aliphatic heterocycles. The molecule has 0 fully saturated rings. The third-order valence-electron chi connectivity index (χ3n) is 16.2. The van der Waals surface area contributed by atoms with Crippen LogP contribution >= 0.6 is 0 Å². The molecule has 0 spiro atoms. The second-order valence-corrected chi connectivity index (χ2v) is 30.2. The fourth-order valence-electron chi connectivity index (χ4n) is 11.7. The number of ether oxygens (including phenoxy) is 10. The molecule has 4 aromatic rings. The van der Waals surface area contributed by atoms with Crippen LogP contribution in [0.3, 0.4) is 0 Å². The standard InChI is InChI=1S/C64H88N2O27S5/c1-63(21-25-86-31-33-90-39-41-92-37-35-88-29-27-84-3)58(65(23-12-8-11-16-60(67)68)54-19-17-50-52(61(54)63)44-48(95(72,73)74)46-56(50)97(78,79)80)14-9-6-5-7-10-15-59-64(2,22-26-87-32-34-91-40-42-93-38-36-89-30-28-85-4)62-53-45-49(96(75,76)77)47-57(98(81,82)83)51(53)18-20-55(62)66(59)24-13-43-94(69,70)71/h5-7,9-10,14-15,17-20,44-47H,8,11-13,16,21-43H2,1-4H3,(H5-,67,68,69,70,71,72,73,74,75,76,77,78,79,80,81,82,83). The van der Waals surface area contributed by atoms with Gasteiger partial charge in [-0.1, -0.05) is 42.9 Å². The van der Waals surface area contributed by atoms with Gasteiger partial charge in [-0.15, -0.1) is 0 Å². The van der Waals surface area contributed by atoms with E-state index in [2.05, 4.69) is 0 Å². The number of methoxy groups -OCH3 is 2. The lowest BCUT2D eigenvalue weighted by Gasteiger charge is -2.31. The predicted molar refractivity (Wildman–Crippen MR) is 359 cm³/mol. The summed E-state index contributed by atoms with van der Waals surface area (Å²) in [5, 5.41) is 9.25. The molecular weight excluding hydrogens is 1390 g/mol. The summed E-state index contributed by atoms with van der Waals surface area (Å²) >= 11 is 0. The van der Waals surface area contributed by atoms with Crippen LogP contribution in [0.15, 0.2) is 116 Å². The maximum absolute atomic E-state index is 13.0. The van der Waals surface area contributed by atoms with Crippen molar-refractivity contribution in [1.82, 2.24) is 0 Å². The molecule has 2 heterocycles. The summed E-state index contributed by atoms with van der Waals surface area (Å²) in [5.74, 6) is -1.64. The fourth-order valence-corrected chi connectivity index (χ4v) is 14.8. The van der Waals surface area contributed by atoms with E-state index < -0.39 is 92.7 Å². The average molecular weight is 1480 g/mol. The van der Waals surface area contributed by atoms with Gasteiger partial charge in [0.25, 0.3) is 40.5 Å². The predicted octanol–water partition coefficient (Wildman–Crippen LogP) is 6.45. The van der Waals surface area contributed by atoms with Crippen LogP contribution in [0, 0.1) is 0 Å². The van der Waals surface area contributed by atoms with E-state index in [9.17, 15) is 74.8 Å². The Kier molecular flexibility index (Phi) is 31.5. The SMILES string of the molecule is COCCOCCOCCOCCOCCC1(C)C(/C=C/C=C/C=C/C=C2/N(CCCCCC(=O)O)c3ccc4c(S(=O)(=O)[O-])cc(S(=O)(=O)O)cc4c3C2(C)CCOCCOCCOCCOCCOC)=[N+](CCCS(=O)(=O)O)c2ccc3c(S(=O)(=O)O)cc(S(=O)(=O)O)cc3c21. The molecule has 546 valence electrons. The Hall–Kier alpha value is -5.55. The molecule has 0 saturated carbocycles. The fraction of sp³-hybridized carbons (Fsp3) is 0.531. The summed E-state index contributed by atoms with van der Waals surface area (Å²) in [7, 11) is -22.1. The number of carboxylic acid groups (broad SMARTS) is 1. The average Bonchev–Trinajstić information content (AvgIpc) is 1.54. The van der Waals surface area contributed by atoms with Crippen molar-refractivity contribution in [3.05, 3.63) is 108 Å². The number of carbonyl (C=O) groups is 1. The smallest absolute Gasteiger partial charge is 0.303 e. The topological polar surface area (TPSA) is 411 Å². The number of fused-ring (bicyclic) bond motifs is 6. The molecule has 98 heavy (non-hydrogen) atoms. The lowest BCUT2D eigenvalue weighted by molar-refractivity contribution is -0.437. The van der Waals surface area contributed by atoms with Gasteiger partial charge in [-0.3, -0.25) is 23.0 Å². The Labute approximate surface area is 572 Å². The van der Waals surface area contributed by atoms with Gasteiger partial charge >= 0.3 is 5.97 Å². The van der Waals surface area contributed by atoms with Crippen molar-refractivity contribution in [2.24, 2.45) is 0 Å². The van der Waals surface area contributed by atoms with Gasteiger partial charge in [0.15, 0.2) is 5.71 Å². The van der Waals surface area contributed by atoms with Crippen molar-refractivity contribution in [1.29, 1.82) is 0 Å². The zero-order chi connectivity index (χ0) is 71.8. The van der Waals surface area contributed by atoms with Crippen LogP contribution in [0.4, 0.5) is 11.4 Å². The third kappa shape index (κ3) is 23.5. The number of unbranched alkanes of at least 4 members (excludes halogenated alkanes) is 2. The molecule has 4 aromatic carbocycles. The first-order valence-electron chi connectivity index (χ1n) is 31.4. The zero-order valence-electron chi connectivity index (χ0n) is 55.1. The maximum Gasteiger partial charge on any atom is 0.303 e. The van der Waals surface area contributed by atoms with Crippen molar-refractivity contribution in [2.75, 3.05) is 157 Å². The number of anilines is 1. The van der Waals surface area contributed by atoms with Gasteiger partial charge in [-0.05, 0) is 104 Å². The zero-order valence-corrected chi connectivity index (χ0v) is 59.2. The number of carboxylic acids is 1. The second-order valence-electron chi connectivity index (χ2n) is 23.1. The van der Waals surface area contributed by atoms with Crippen LogP contribution in [0.2, 0.25) is 0 Å². The van der Waals surface area contributed by atoms with E-state index in [0.29, 0.717) is 125 Å². The maximum atomic E-state index is 13.0. The summed E-state index contributed by atoms with van der Waals surface area (Å²) < 4.78 is 238. The van der Waals surface area contributed by atoms with Gasteiger partial charge in [0.1, 0.15) is 21.6 Å². The van der Waals surface area contributed by atoms with Crippen LogP contribution < -0.4 is 4.90 Å². The molecule has 34 heteroatoms. The van der Waals surface area contributed by atoms with E-state index in [-0.39, 0.29) is 120 Å². The Morgan fingerprint density at radius 1 is 0.510 bits per heavy atom. The molecule has 2 aliphatic rings. The van der Waals surface area contributed by atoms with Gasteiger partial charge in [-0.2, -0.15) is 38.2 Å². The first kappa shape index (κ1) is 81.4. The Bertz CT molecular complexity index is 4120. The van der Waals surface area contributed by atoms with E-state index in [1.807, 2.05) is 11.8 Å². The monoisotopic (exact) mass is 1480 g/mol. The van der Waals surface area contributed by atoms with Gasteiger partial charge in [0.05, 0.1) is 132 Å². The first-order valence-corrected chi connectivity index (χ1v) is 38.7. The molecule has 6 rings (SSSR count). The highest BCUT2D eigenvalue weighted by Crippen LogP contribution is 2.54. The lowest BCUT2D eigenvalue weighted by Crippen LogP contribution is -2.33. The number of hydrogen-bond acceptors (Lipinski definition) is 23. The van der Waals surface area contributed by atoms with E-state index in [1.165, 1.54) is 18.2 Å². The molecule has 2 atom stereocenters. The molecule has 0 radical (unpaired) electrons. The number of nitrogens with zero attached hydrogens (tertiary/aromatic N) is 2. The van der Waals surface area contributed by atoms with Crippen LogP contribution in [-0.4, -0.2) is 238 Å². The normalized spacial score (nSPS) is 17.6. The van der Waals surface area contributed by atoms with Crippen molar-refractivity contribution < 1.29 is 127 Å². The molecule has 2 unspecified atom stereocenters. The summed E-state index contributed by atoms with van der Waals surface area (Å²) in [4.78, 5) is 10.1. The Morgan fingerprint density at radius 3 is 1.44 bits per heavy atom. The molecule has 29 nitrogen and oxygen atoms in total. The number of rotatable bonds is 48. The van der Waals surface area contributed by atoms with E-state index in [0.717, 1.165) is 12.1 Å². The molecule has 5 N–H and O–H groups in total. The lowest BCUT2D eigenvalue weighted by atomic mass is 9.75. The van der Waals surface area contributed by atoms with E-state index in [1.54, 1.807) is 74.3 Å². The quantitative estimate of drug-likeness (QED) is 0.0137. The minimum absolute atomic E-state index is 0.00207. The van der Waals surface area contributed by atoms with E-state index >= 15 is 0 Å². The second kappa shape index (κ2) is 37.9. The number of benzene rings is 4. The molecule has 0 saturated heterocycles. The highest BCUT2D eigenvalue weighted by atomic mass is 32.2. The number of aliphatic carboxylic acids is 1. The van der Waals surface area contributed by atoms with Gasteiger partial charge in [0.2, 0.25) is 5.69 Å². The van der Waals surface area contributed by atoms with Gasteiger partial charge in [0, 0.05) is 86.7 Å². The van der Waals surface area contributed by atoms with Gasteiger partial charge in [-0.25, -0.2) is 8.42 Å². The highest BCUT2D eigenvalue weighted by molar-refractivity contribution is 7.87. The van der Waals surface area contributed by atoms with Crippen LogP contribution in [0.25, 0.3) is 21.5 Å². The molecule has 0 aliphatic carbocycles. The van der Waals surface area contributed by atoms with Crippen LogP contribution in [-0.2, 0) is 114 Å². The third-order valence-corrected chi connectivity index (χ3v) is 20.5. The van der Waals surface area contributed by atoms with Crippen molar-refractivity contribution in [2.45, 2.75) is 89.2 Å². The summed E-state index contributed by atoms with van der Waals surface area (Å²) in [5.41, 5.74) is 0.218. The Morgan fingerprint density at radius 2 is 0.959 bits per heavy atom. The van der Waals surface area contributed by atoms with Crippen LogP contribution in [0.1, 0.15) is 69.9 Å².